The fraction of sp³-hybridized carbons (Fsp3) is 0.381. The van der Waals surface area contributed by atoms with Crippen molar-refractivity contribution in [3.05, 3.63) is 59.2 Å². The van der Waals surface area contributed by atoms with Crippen LogP contribution in [0.25, 0.3) is 0 Å². The number of aliphatic hydroxyl groups is 4. The number of aromatic carboxylic acids is 1. The number of carboxylic acid groups (broad SMARTS) is 1. The van der Waals surface area contributed by atoms with Crippen LogP contribution in [0.2, 0.25) is 0 Å². The minimum atomic E-state index is -1.65. The fourth-order valence-electron chi connectivity index (χ4n) is 3.48. The van der Waals surface area contributed by atoms with Gasteiger partial charge in [0.05, 0.1) is 12.7 Å². The van der Waals surface area contributed by atoms with Crippen LogP contribution in [0.3, 0.4) is 0 Å². The Hall–Kier alpha value is -2.73. The van der Waals surface area contributed by atoms with Gasteiger partial charge in [-0.2, -0.15) is 0 Å². The third kappa shape index (κ3) is 4.96. The predicted octanol–water partition coefficient (Wildman–Crippen LogP) is -0.104. The molecule has 31 heavy (non-hydrogen) atoms. The number of aliphatic hydroxyl groups excluding tert-OH is 4. The van der Waals surface area contributed by atoms with E-state index in [9.17, 15) is 40.5 Å². The van der Waals surface area contributed by atoms with Crippen molar-refractivity contribution >= 4 is 5.97 Å². The Balaban J connectivity index is 1.94. The molecule has 2 aromatic rings. The van der Waals surface area contributed by atoms with E-state index >= 15 is 0 Å². The lowest BCUT2D eigenvalue weighted by molar-refractivity contribution is -0.312. The van der Waals surface area contributed by atoms with Crippen molar-refractivity contribution in [1.29, 1.82) is 0 Å². The molecule has 1 aliphatic rings. The molecule has 0 amide bonds. The van der Waals surface area contributed by atoms with E-state index in [4.69, 9.17) is 9.47 Å². The maximum atomic E-state index is 11.6. The largest absolute Gasteiger partial charge is 0.508 e. The molecule has 1 heterocycles. The van der Waals surface area contributed by atoms with Gasteiger partial charge in [-0.15, -0.1) is 0 Å². The van der Waals surface area contributed by atoms with Gasteiger partial charge in [-0.1, -0.05) is 24.3 Å². The Bertz CT molecular complexity index is 898. The van der Waals surface area contributed by atoms with Crippen molar-refractivity contribution in [2.75, 3.05) is 6.61 Å². The molecule has 0 saturated carbocycles. The summed E-state index contributed by atoms with van der Waals surface area (Å²) in [6.45, 7) is -0.635. The molecule has 6 atom stereocenters. The molecule has 168 valence electrons. The van der Waals surface area contributed by atoms with Gasteiger partial charge < -0.3 is 45.2 Å². The lowest BCUT2D eigenvalue weighted by Crippen LogP contribution is -2.59. The van der Waals surface area contributed by atoms with Gasteiger partial charge in [-0.3, -0.25) is 0 Å². The van der Waals surface area contributed by atoms with Gasteiger partial charge in [-0.05, 0) is 29.3 Å². The molecule has 0 bridgehead atoms. The average molecular weight is 436 g/mol. The number of phenolic OH excluding ortho intramolecular Hbond substituents is 1. The molecule has 1 aliphatic heterocycles. The summed E-state index contributed by atoms with van der Waals surface area (Å²) in [5, 5.41) is 68.6. The number of carboxylic acids is 1. The number of phenols is 2. The van der Waals surface area contributed by atoms with Crippen molar-refractivity contribution in [2.45, 2.75) is 43.2 Å². The Labute approximate surface area is 177 Å². The van der Waals surface area contributed by atoms with Crippen molar-refractivity contribution in [2.24, 2.45) is 0 Å². The third-order valence-electron chi connectivity index (χ3n) is 5.16. The van der Waals surface area contributed by atoms with Gasteiger partial charge >= 0.3 is 5.97 Å². The zero-order valence-corrected chi connectivity index (χ0v) is 16.3. The molecular weight excluding hydrogens is 412 g/mol. The first-order chi connectivity index (χ1) is 14.7. The van der Waals surface area contributed by atoms with Crippen molar-refractivity contribution in [3.63, 3.8) is 0 Å². The summed E-state index contributed by atoms with van der Waals surface area (Å²) in [7, 11) is 0. The molecule has 3 rings (SSSR count). The Morgan fingerprint density at radius 1 is 1.00 bits per heavy atom. The number of ether oxygens (including phenoxy) is 2. The highest BCUT2D eigenvalue weighted by Crippen LogP contribution is 2.32. The van der Waals surface area contributed by atoms with Crippen LogP contribution in [0.4, 0.5) is 0 Å². The van der Waals surface area contributed by atoms with Crippen LogP contribution >= 0.6 is 0 Å². The zero-order valence-electron chi connectivity index (χ0n) is 16.3. The molecule has 10 nitrogen and oxygen atoms in total. The second-order valence-corrected chi connectivity index (χ2v) is 7.23. The molecule has 10 heteroatoms. The minimum Gasteiger partial charge on any atom is -0.508 e. The zero-order chi connectivity index (χ0) is 22.7. The highest BCUT2D eigenvalue weighted by atomic mass is 16.7. The molecule has 0 spiro atoms. The van der Waals surface area contributed by atoms with Crippen molar-refractivity contribution in [3.8, 4) is 11.5 Å². The SMILES string of the molecule is O=C(O)c1c(O)cccc1C[C@@H](O[C@@H]1O[C@H](CO)[C@@H](O)[C@H](O)[C@H]1O)c1ccc(O)cc1. The smallest absolute Gasteiger partial charge is 0.339 e. The van der Waals surface area contributed by atoms with E-state index in [2.05, 4.69) is 0 Å². The lowest BCUT2D eigenvalue weighted by atomic mass is 9.96. The molecule has 7 N–H and O–H groups in total. The number of carbonyl (C=O) groups is 1. The van der Waals surface area contributed by atoms with Gasteiger partial charge in [0.1, 0.15) is 41.5 Å². The first-order valence-corrected chi connectivity index (χ1v) is 9.52. The van der Waals surface area contributed by atoms with Crippen LogP contribution in [0, 0.1) is 0 Å². The number of rotatable bonds is 7. The lowest BCUT2D eigenvalue weighted by Gasteiger charge is -2.41. The molecule has 0 unspecified atom stereocenters. The number of benzene rings is 2. The predicted molar refractivity (Wildman–Crippen MR) is 104 cm³/mol. The molecule has 0 aliphatic carbocycles. The van der Waals surface area contributed by atoms with E-state index < -0.39 is 55.1 Å². The number of hydrogen-bond acceptors (Lipinski definition) is 9. The van der Waals surface area contributed by atoms with Gasteiger partial charge in [0, 0.05) is 6.42 Å². The highest BCUT2D eigenvalue weighted by molar-refractivity contribution is 5.92. The molecule has 2 aromatic carbocycles. The second kappa shape index (κ2) is 9.60. The maximum Gasteiger partial charge on any atom is 0.339 e. The maximum absolute atomic E-state index is 11.6. The van der Waals surface area contributed by atoms with Crippen LogP contribution in [0.15, 0.2) is 42.5 Å². The van der Waals surface area contributed by atoms with E-state index in [1.807, 2.05) is 0 Å². The minimum absolute atomic E-state index is 0.0149. The van der Waals surface area contributed by atoms with Crippen molar-refractivity contribution < 1.29 is 50.0 Å². The average Bonchev–Trinajstić information content (AvgIpc) is 2.73. The fourth-order valence-corrected chi connectivity index (χ4v) is 3.48. The molecule has 1 saturated heterocycles. The second-order valence-electron chi connectivity index (χ2n) is 7.23. The monoisotopic (exact) mass is 436 g/mol. The summed E-state index contributed by atoms with van der Waals surface area (Å²) in [5.74, 6) is -1.79. The molecular formula is C21H24O10. The Morgan fingerprint density at radius 2 is 1.68 bits per heavy atom. The summed E-state index contributed by atoms with van der Waals surface area (Å²) >= 11 is 0. The summed E-state index contributed by atoms with van der Waals surface area (Å²) in [6.07, 6.45) is -8.51. The van der Waals surface area contributed by atoms with E-state index in [1.54, 1.807) is 0 Å². The summed E-state index contributed by atoms with van der Waals surface area (Å²) in [6, 6.07) is 10.0. The van der Waals surface area contributed by atoms with Gasteiger partial charge in [0.2, 0.25) is 0 Å². The summed E-state index contributed by atoms with van der Waals surface area (Å²) < 4.78 is 11.2. The van der Waals surface area contributed by atoms with Crippen LogP contribution in [0.5, 0.6) is 11.5 Å². The van der Waals surface area contributed by atoms with Crippen LogP contribution in [-0.2, 0) is 15.9 Å². The van der Waals surface area contributed by atoms with Crippen LogP contribution < -0.4 is 0 Å². The molecule has 0 radical (unpaired) electrons. The molecule has 1 fully saturated rings. The highest BCUT2D eigenvalue weighted by Gasteiger charge is 2.45. The standard InChI is InChI=1S/C21H24O10/c22-9-15-17(25)18(26)19(27)21(31-15)30-14(10-4-6-12(23)7-5-10)8-11-2-1-3-13(24)16(11)20(28)29/h1-7,14-15,17-19,21-27H,8-9H2,(H,28,29)/t14-,15-,17-,18+,19-,21-/m1/s1. The van der Waals surface area contributed by atoms with E-state index in [-0.39, 0.29) is 23.3 Å². The van der Waals surface area contributed by atoms with Crippen LogP contribution in [-0.4, -0.2) is 79.0 Å². The number of hydrogen-bond donors (Lipinski definition) is 7. The van der Waals surface area contributed by atoms with Crippen molar-refractivity contribution in [1.82, 2.24) is 0 Å². The van der Waals surface area contributed by atoms with Crippen LogP contribution in [0.1, 0.15) is 27.6 Å². The third-order valence-corrected chi connectivity index (χ3v) is 5.16. The van der Waals surface area contributed by atoms with Gasteiger partial charge in [0.25, 0.3) is 0 Å². The van der Waals surface area contributed by atoms with E-state index in [0.29, 0.717) is 5.56 Å². The Kier molecular flexibility index (Phi) is 7.11. The normalized spacial score (nSPS) is 27.0. The number of aromatic hydroxyl groups is 2. The van der Waals surface area contributed by atoms with Gasteiger partial charge in [-0.25, -0.2) is 4.79 Å². The van der Waals surface area contributed by atoms with Gasteiger partial charge in [0.15, 0.2) is 6.29 Å². The first-order valence-electron chi connectivity index (χ1n) is 9.52. The van der Waals surface area contributed by atoms with E-state index in [1.165, 1.54) is 42.5 Å². The topological polar surface area (TPSA) is 177 Å². The molecule has 0 aromatic heterocycles. The first kappa shape index (κ1) is 22.9. The van der Waals surface area contributed by atoms with E-state index in [0.717, 1.165) is 0 Å². The summed E-state index contributed by atoms with van der Waals surface area (Å²) in [5.41, 5.74) is 0.397. The summed E-state index contributed by atoms with van der Waals surface area (Å²) in [4.78, 5) is 11.6. The quantitative estimate of drug-likeness (QED) is 0.310. The Morgan fingerprint density at radius 3 is 2.29 bits per heavy atom.